The van der Waals surface area contributed by atoms with Crippen LogP contribution in [0.2, 0.25) is 0 Å². The van der Waals surface area contributed by atoms with Crippen LogP contribution in [0.15, 0.2) is 59.8 Å². The van der Waals surface area contributed by atoms with Crippen molar-refractivity contribution in [2.24, 2.45) is 0 Å². The molecular formula is C19H17N3O. The second kappa shape index (κ2) is 6.37. The number of carbonyl (C=O) groups is 1. The molecule has 2 N–H and O–H groups in total. The van der Waals surface area contributed by atoms with Gasteiger partial charge < -0.3 is 5.32 Å². The van der Waals surface area contributed by atoms with Crippen LogP contribution in [0, 0.1) is 11.8 Å². The number of pyridine rings is 1. The van der Waals surface area contributed by atoms with Crippen molar-refractivity contribution >= 4 is 17.3 Å². The van der Waals surface area contributed by atoms with Crippen LogP contribution in [0.1, 0.15) is 19.5 Å². The fourth-order valence-electron chi connectivity index (χ4n) is 2.58. The molecule has 0 bridgehead atoms. The highest BCUT2D eigenvalue weighted by atomic mass is 16.1. The fourth-order valence-corrected chi connectivity index (χ4v) is 2.58. The van der Waals surface area contributed by atoms with Crippen LogP contribution in [0.4, 0.5) is 5.82 Å². The van der Waals surface area contributed by atoms with Gasteiger partial charge in [-0.15, -0.1) is 0 Å². The van der Waals surface area contributed by atoms with E-state index in [1.165, 1.54) is 11.1 Å². The highest BCUT2D eigenvalue weighted by molar-refractivity contribution is 6.03. The summed E-state index contributed by atoms with van der Waals surface area (Å²) >= 11 is 0. The minimum absolute atomic E-state index is 0.214. The summed E-state index contributed by atoms with van der Waals surface area (Å²) in [5.74, 6) is 5.16. The van der Waals surface area contributed by atoms with E-state index in [1.807, 2.05) is 18.3 Å². The largest absolute Gasteiger partial charge is 0.381 e. The summed E-state index contributed by atoms with van der Waals surface area (Å²) in [4.78, 5) is 16.1. The topological polar surface area (TPSA) is 54.0 Å². The van der Waals surface area contributed by atoms with Crippen LogP contribution < -0.4 is 10.6 Å². The molecule has 1 unspecified atom stereocenters. The van der Waals surface area contributed by atoms with Crippen LogP contribution >= 0.6 is 0 Å². The van der Waals surface area contributed by atoms with Crippen LogP contribution in [0.3, 0.4) is 0 Å². The maximum absolute atomic E-state index is 11.6. The number of aromatic nitrogens is 1. The van der Waals surface area contributed by atoms with Gasteiger partial charge in [-0.3, -0.25) is 10.1 Å². The van der Waals surface area contributed by atoms with Gasteiger partial charge >= 0.3 is 5.91 Å². The number of hydrogen-bond donors (Lipinski definition) is 2. The molecule has 4 nitrogen and oxygen atoms in total. The van der Waals surface area contributed by atoms with E-state index in [4.69, 9.17) is 0 Å². The molecule has 1 aromatic heterocycles. The van der Waals surface area contributed by atoms with E-state index in [0.29, 0.717) is 5.82 Å². The van der Waals surface area contributed by atoms with Crippen molar-refractivity contribution in [2.45, 2.75) is 19.9 Å². The minimum atomic E-state index is -0.357. The fraction of sp³-hybridized carbons (Fsp3) is 0.158. The molecule has 0 fully saturated rings. The number of amides is 1. The molecule has 2 aliphatic rings. The van der Waals surface area contributed by atoms with Crippen molar-refractivity contribution in [3.8, 4) is 11.8 Å². The molecule has 0 radical (unpaired) electrons. The van der Waals surface area contributed by atoms with E-state index in [1.54, 1.807) is 13.0 Å². The van der Waals surface area contributed by atoms with Crippen molar-refractivity contribution < 1.29 is 4.79 Å². The van der Waals surface area contributed by atoms with Crippen molar-refractivity contribution in [1.82, 2.24) is 10.3 Å². The Morgan fingerprint density at radius 3 is 3.04 bits per heavy atom. The maximum Gasteiger partial charge on any atom is 0.301 e. The monoisotopic (exact) mass is 303 g/mol. The Balaban J connectivity index is 1.93. The normalized spacial score (nSPS) is 18.3. The van der Waals surface area contributed by atoms with Crippen molar-refractivity contribution in [2.75, 3.05) is 5.32 Å². The van der Waals surface area contributed by atoms with Gasteiger partial charge in [0.15, 0.2) is 0 Å². The smallest absolute Gasteiger partial charge is 0.301 e. The minimum Gasteiger partial charge on any atom is -0.381 e. The number of nitrogens with one attached hydrogen (secondary N) is 2. The van der Waals surface area contributed by atoms with E-state index in [-0.39, 0.29) is 11.9 Å². The lowest BCUT2D eigenvalue weighted by Crippen LogP contribution is -2.17. The third-order valence-corrected chi connectivity index (χ3v) is 3.57. The van der Waals surface area contributed by atoms with E-state index in [9.17, 15) is 4.79 Å². The molecule has 114 valence electrons. The number of hydrogen-bond acceptors (Lipinski definition) is 3. The molecule has 2 heterocycles. The molecule has 1 amide bonds. The van der Waals surface area contributed by atoms with Gasteiger partial charge in [0.1, 0.15) is 5.82 Å². The van der Waals surface area contributed by atoms with Crippen LogP contribution in [-0.4, -0.2) is 16.9 Å². The lowest BCUT2D eigenvalue weighted by atomic mass is 10.1. The zero-order valence-corrected chi connectivity index (χ0v) is 13.1. The van der Waals surface area contributed by atoms with Crippen molar-refractivity contribution in [1.29, 1.82) is 0 Å². The number of nitrogens with zero attached hydrogens (tertiary/aromatic N) is 1. The summed E-state index contributed by atoms with van der Waals surface area (Å²) < 4.78 is 0. The van der Waals surface area contributed by atoms with E-state index < -0.39 is 0 Å². The molecule has 1 atom stereocenters. The Bertz CT molecular complexity index is 832. The lowest BCUT2D eigenvalue weighted by Gasteiger charge is -2.07. The Hall–Kier alpha value is -3.06. The first-order valence-electron chi connectivity index (χ1n) is 7.41. The number of allylic oxidation sites excluding steroid dienone is 4. The molecule has 0 saturated carbocycles. The molecule has 0 spiro atoms. The van der Waals surface area contributed by atoms with Crippen LogP contribution in [-0.2, 0) is 4.79 Å². The van der Waals surface area contributed by atoms with Gasteiger partial charge in [-0.05, 0) is 55.8 Å². The summed E-state index contributed by atoms with van der Waals surface area (Å²) in [5.41, 5.74) is 4.19. The third kappa shape index (κ3) is 3.41. The second-order valence-corrected chi connectivity index (χ2v) is 5.37. The Morgan fingerprint density at radius 2 is 2.22 bits per heavy atom. The first-order valence-corrected chi connectivity index (χ1v) is 7.41. The number of carbonyl (C=O) groups excluding carboxylic acids is 1. The summed E-state index contributed by atoms with van der Waals surface area (Å²) in [6.07, 6.45) is 10.4. The molecule has 23 heavy (non-hydrogen) atoms. The van der Waals surface area contributed by atoms with Gasteiger partial charge in [-0.25, -0.2) is 4.98 Å². The molecule has 3 rings (SSSR count). The average molecular weight is 303 g/mol. The Morgan fingerprint density at radius 1 is 1.35 bits per heavy atom. The number of fused-ring (bicyclic) bond motifs is 1. The summed E-state index contributed by atoms with van der Waals surface area (Å²) in [7, 11) is 0. The van der Waals surface area contributed by atoms with E-state index in [2.05, 4.69) is 58.7 Å². The van der Waals surface area contributed by atoms with E-state index in [0.717, 1.165) is 11.3 Å². The van der Waals surface area contributed by atoms with Gasteiger partial charge in [-0.2, -0.15) is 0 Å². The van der Waals surface area contributed by atoms with E-state index >= 15 is 0 Å². The summed E-state index contributed by atoms with van der Waals surface area (Å²) in [6, 6.07) is 5.78. The zero-order chi connectivity index (χ0) is 16.2. The molecule has 4 heteroatoms. The number of anilines is 1. The van der Waals surface area contributed by atoms with Crippen LogP contribution in [0.25, 0.3) is 5.57 Å². The predicted molar refractivity (Wildman–Crippen MR) is 92.2 cm³/mol. The maximum atomic E-state index is 11.6. The quantitative estimate of drug-likeness (QED) is 0.826. The van der Waals surface area contributed by atoms with Gasteiger partial charge in [-0.1, -0.05) is 29.7 Å². The lowest BCUT2D eigenvalue weighted by molar-refractivity contribution is -0.111. The molecular weight excluding hydrogens is 286 g/mol. The first kappa shape index (κ1) is 14.9. The standard InChI is InChI=1S/C19H17N3O/c1-3-5-19(23)22-18-7-4-6-16(21-18)15-10-13(2)11-17-14(12-15)8-9-20-17/h4,6-12,17,20H,1-2H3,(H,21,22,23). The molecule has 1 aliphatic heterocycles. The number of rotatable bonds is 2. The van der Waals surface area contributed by atoms with Crippen molar-refractivity contribution in [3.63, 3.8) is 0 Å². The highest BCUT2D eigenvalue weighted by Crippen LogP contribution is 2.26. The molecule has 1 aromatic rings. The van der Waals surface area contributed by atoms with Gasteiger partial charge in [0, 0.05) is 5.57 Å². The first-order chi connectivity index (χ1) is 11.2. The predicted octanol–water partition coefficient (Wildman–Crippen LogP) is 2.80. The molecule has 0 saturated heterocycles. The second-order valence-electron chi connectivity index (χ2n) is 5.37. The summed E-state index contributed by atoms with van der Waals surface area (Å²) in [5, 5.41) is 5.98. The molecule has 1 aliphatic carbocycles. The average Bonchev–Trinajstić information content (AvgIpc) is 2.87. The Kier molecular flexibility index (Phi) is 4.11. The third-order valence-electron chi connectivity index (χ3n) is 3.57. The Labute approximate surface area is 135 Å². The van der Waals surface area contributed by atoms with Crippen LogP contribution in [0.5, 0.6) is 0 Å². The van der Waals surface area contributed by atoms with Gasteiger partial charge in [0.05, 0.1) is 11.7 Å². The highest BCUT2D eigenvalue weighted by Gasteiger charge is 2.17. The zero-order valence-electron chi connectivity index (χ0n) is 13.1. The van der Waals surface area contributed by atoms with Crippen molar-refractivity contribution in [3.05, 3.63) is 65.5 Å². The van der Waals surface area contributed by atoms with Gasteiger partial charge in [0.25, 0.3) is 0 Å². The SMILES string of the molecule is CC#CC(=O)Nc1cccc(C2=CC(C)=CC3NC=CC3=C2)n1. The summed E-state index contributed by atoms with van der Waals surface area (Å²) in [6.45, 7) is 3.69. The van der Waals surface area contributed by atoms with Gasteiger partial charge in [0.2, 0.25) is 0 Å². The molecule has 0 aromatic carbocycles.